The van der Waals surface area contributed by atoms with Gasteiger partial charge in [-0.05, 0) is 42.5 Å². The van der Waals surface area contributed by atoms with Crippen LogP contribution in [-0.4, -0.2) is 20.7 Å². The number of nitrogens with one attached hydrogen (secondary N) is 1. The molecule has 3 aromatic heterocycles. The highest BCUT2D eigenvalue weighted by Gasteiger charge is 2.18. The number of hydrogen-bond donors (Lipinski definition) is 1. The summed E-state index contributed by atoms with van der Waals surface area (Å²) in [6.07, 6.45) is 1.70. The molecular weight excluding hydrogens is 382 g/mol. The highest BCUT2D eigenvalue weighted by molar-refractivity contribution is 7.19. The molecule has 1 amide bonds. The Labute approximate surface area is 163 Å². The van der Waals surface area contributed by atoms with Crippen LogP contribution in [0.25, 0.3) is 22.0 Å². The van der Waals surface area contributed by atoms with Gasteiger partial charge in [0.2, 0.25) is 0 Å². The van der Waals surface area contributed by atoms with Crippen molar-refractivity contribution < 1.29 is 13.6 Å². The van der Waals surface area contributed by atoms with Gasteiger partial charge >= 0.3 is 0 Å². The van der Waals surface area contributed by atoms with Gasteiger partial charge in [-0.2, -0.15) is 5.10 Å². The van der Waals surface area contributed by atoms with Gasteiger partial charge in [0, 0.05) is 13.2 Å². The summed E-state index contributed by atoms with van der Waals surface area (Å²) < 4.78 is 29.3. The van der Waals surface area contributed by atoms with Gasteiger partial charge in [0.05, 0.1) is 21.3 Å². The van der Waals surface area contributed by atoms with Crippen molar-refractivity contribution in [3.8, 4) is 22.0 Å². The quantitative estimate of drug-likeness (QED) is 0.542. The number of rotatable bonds is 4. The minimum absolute atomic E-state index is 0.475. The molecular formula is C20H14F2N4OS. The molecule has 0 aliphatic heterocycles. The van der Waals surface area contributed by atoms with Crippen LogP contribution in [-0.2, 0) is 7.05 Å². The molecule has 0 aliphatic carbocycles. The lowest BCUT2D eigenvalue weighted by Gasteiger charge is -2.04. The summed E-state index contributed by atoms with van der Waals surface area (Å²) in [4.78, 5) is 17.4. The first-order valence-electron chi connectivity index (χ1n) is 8.34. The molecule has 5 nitrogen and oxygen atoms in total. The number of halogens is 2. The van der Waals surface area contributed by atoms with Crippen LogP contribution in [0.1, 0.15) is 10.4 Å². The fourth-order valence-corrected chi connectivity index (χ4v) is 3.72. The fraction of sp³-hybridized carbons (Fsp3) is 0.0500. The Morgan fingerprint density at radius 2 is 1.82 bits per heavy atom. The van der Waals surface area contributed by atoms with Gasteiger partial charge in [-0.1, -0.05) is 12.1 Å². The zero-order chi connectivity index (χ0) is 19.7. The number of thiophene rings is 1. The number of nitrogens with zero attached hydrogens (tertiary/aromatic N) is 3. The van der Waals surface area contributed by atoms with Crippen LogP contribution < -0.4 is 5.32 Å². The first-order chi connectivity index (χ1) is 13.5. The van der Waals surface area contributed by atoms with Crippen LogP contribution in [0, 0.1) is 11.6 Å². The van der Waals surface area contributed by atoms with E-state index in [1.807, 2.05) is 37.4 Å². The van der Waals surface area contributed by atoms with E-state index in [0.29, 0.717) is 5.00 Å². The number of pyridine rings is 1. The van der Waals surface area contributed by atoms with Crippen LogP contribution in [0.5, 0.6) is 0 Å². The summed E-state index contributed by atoms with van der Waals surface area (Å²) >= 11 is 1.29. The Kier molecular flexibility index (Phi) is 4.70. The van der Waals surface area contributed by atoms with Crippen molar-refractivity contribution in [3.63, 3.8) is 0 Å². The first-order valence-corrected chi connectivity index (χ1v) is 9.15. The number of hydrogen-bond acceptors (Lipinski definition) is 4. The van der Waals surface area contributed by atoms with E-state index in [1.165, 1.54) is 17.4 Å². The van der Waals surface area contributed by atoms with E-state index in [9.17, 15) is 13.6 Å². The zero-order valence-electron chi connectivity index (χ0n) is 14.7. The van der Waals surface area contributed by atoms with Crippen LogP contribution in [0.4, 0.5) is 13.8 Å². The maximum atomic E-state index is 13.8. The van der Waals surface area contributed by atoms with Crippen LogP contribution >= 0.6 is 11.3 Å². The third kappa shape index (κ3) is 3.41. The SMILES string of the molecule is Cn1nc(-c2ccccn2)cc1-c1ccc(NC(=O)c2c(F)cccc2F)s1. The fourth-order valence-electron chi connectivity index (χ4n) is 2.77. The highest BCUT2D eigenvalue weighted by atomic mass is 32.1. The van der Waals surface area contributed by atoms with Crippen molar-refractivity contribution in [2.24, 2.45) is 7.05 Å². The summed E-state index contributed by atoms with van der Waals surface area (Å²) in [6.45, 7) is 0. The third-order valence-corrected chi connectivity index (χ3v) is 5.12. The molecule has 0 aliphatic rings. The predicted octanol–water partition coefficient (Wildman–Crippen LogP) is 4.74. The summed E-state index contributed by atoms with van der Waals surface area (Å²) in [5.74, 6) is -2.63. The highest BCUT2D eigenvalue weighted by Crippen LogP contribution is 2.33. The van der Waals surface area contributed by atoms with Crippen molar-refractivity contribution in [2.75, 3.05) is 5.32 Å². The second-order valence-electron chi connectivity index (χ2n) is 5.97. The molecule has 4 rings (SSSR count). The van der Waals surface area contributed by atoms with Crippen molar-refractivity contribution in [2.45, 2.75) is 0 Å². The standard InChI is InChI=1S/C20H14F2N4OS/c1-26-16(11-15(25-26)14-7-2-3-10-23-14)17-8-9-18(28-17)24-20(27)19-12(21)5-4-6-13(19)22/h2-11H,1H3,(H,24,27). The summed E-state index contributed by atoms with van der Waals surface area (Å²) in [5, 5.41) is 7.49. The van der Waals surface area contributed by atoms with E-state index in [4.69, 9.17) is 0 Å². The molecule has 0 unspecified atom stereocenters. The van der Waals surface area contributed by atoms with E-state index in [-0.39, 0.29) is 0 Å². The molecule has 28 heavy (non-hydrogen) atoms. The molecule has 0 saturated heterocycles. The molecule has 140 valence electrons. The minimum atomic E-state index is -0.902. The predicted molar refractivity (Wildman–Crippen MR) is 104 cm³/mol. The summed E-state index contributed by atoms with van der Waals surface area (Å²) in [7, 11) is 1.81. The minimum Gasteiger partial charge on any atom is -0.313 e. The lowest BCUT2D eigenvalue weighted by molar-refractivity contribution is 0.101. The lowest BCUT2D eigenvalue weighted by atomic mass is 10.2. The molecule has 8 heteroatoms. The van der Waals surface area contributed by atoms with Crippen LogP contribution in [0.3, 0.4) is 0 Å². The molecule has 3 heterocycles. The molecule has 0 spiro atoms. The Morgan fingerprint density at radius 3 is 2.54 bits per heavy atom. The lowest BCUT2D eigenvalue weighted by Crippen LogP contribution is -2.14. The maximum absolute atomic E-state index is 13.8. The average molecular weight is 396 g/mol. The average Bonchev–Trinajstić information content (AvgIpc) is 3.28. The van der Waals surface area contributed by atoms with Gasteiger partial charge < -0.3 is 5.32 Å². The zero-order valence-corrected chi connectivity index (χ0v) is 15.5. The monoisotopic (exact) mass is 396 g/mol. The number of carbonyl (C=O) groups excluding carboxylic acids is 1. The Bertz CT molecular complexity index is 1130. The van der Waals surface area contributed by atoms with E-state index in [0.717, 1.165) is 34.1 Å². The van der Waals surface area contributed by atoms with Gasteiger partial charge in [-0.3, -0.25) is 14.5 Å². The number of benzene rings is 1. The smallest absolute Gasteiger partial charge is 0.262 e. The van der Waals surface area contributed by atoms with E-state index < -0.39 is 23.1 Å². The number of aryl methyl sites for hydroxylation is 1. The second kappa shape index (κ2) is 7.32. The van der Waals surface area contributed by atoms with Gasteiger partial charge in [0.15, 0.2) is 0 Å². The van der Waals surface area contributed by atoms with Crippen molar-refractivity contribution in [3.05, 3.63) is 78.0 Å². The van der Waals surface area contributed by atoms with Crippen molar-refractivity contribution >= 4 is 22.2 Å². The Balaban J connectivity index is 1.59. The number of aromatic nitrogens is 3. The molecule has 0 radical (unpaired) electrons. The van der Waals surface area contributed by atoms with Gasteiger partial charge in [0.25, 0.3) is 5.91 Å². The van der Waals surface area contributed by atoms with Crippen molar-refractivity contribution in [1.29, 1.82) is 0 Å². The van der Waals surface area contributed by atoms with Gasteiger partial charge in [-0.25, -0.2) is 8.78 Å². The Morgan fingerprint density at radius 1 is 1.04 bits per heavy atom. The van der Waals surface area contributed by atoms with Gasteiger partial charge in [-0.15, -0.1) is 11.3 Å². The van der Waals surface area contributed by atoms with Crippen LogP contribution in [0.2, 0.25) is 0 Å². The third-order valence-electron chi connectivity index (χ3n) is 4.09. The normalized spacial score (nSPS) is 10.8. The molecule has 1 N–H and O–H groups in total. The second-order valence-corrected chi connectivity index (χ2v) is 7.05. The molecule has 1 aromatic carbocycles. The van der Waals surface area contributed by atoms with E-state index in [1.54, 1.807) is 16.9 Å². The molecule has 0 bridgehead atoms. The summed E-state index contributed by atoms with van der Waals surface area (Å²) in [5.41, 5.74) is 1.72. The largest absolute Gasteiger partial charge is 0.313 e. The number of carbonyl (C=O) groups is 1. The first kappa shape index (κ1) is 18.0. The summed E-state index contributed by atoms with van der Waals surface area (Å²) in [6, 6.07) is 14.3. The topological polar surface area (TPSA) is 59.8 Å². The number of amides is 1. The Hall–Kier alpha value is -3.39. The maximum Gasteiger partial charge on any atom is 0.262 e. The molecule has 4 aromatic rings. The number of anilines is 1. The molecule has 0 atom stereocenters. The van der Waals surface area contributed by atoms with E-state index >= 15 is 0 Å². The molecule has 0 fully saturated rings. The van der Waals surface area contributed by atoms with Crippen molar-refractivity contribution in [1.82, 2.24) is 14.8 Å². The van der Waals surface area contributed by atoms with Gasteiger partial charge in [0.1, 0.15) is 22.9 Å². The van der Waals surface area contributed by atoms with E-state index in [2.05, 4.69) is 15.4 Å². The molecule has 0 saturated carbocycles. The van der Waals surface area contributed by atoms with Crippen LogP contribution in [0.15, 0.2) is 60.8 Å².